The summed E-state index contributed by atoms with van der Waals surface area (Å²) in [6.45, 7) is 6.20. The first-order chi connectivity index (χ1) is 8.58. The molecule has 0 fully saturated rings. The van der Waals surface area contributed by atoms with Crippen LogP contribution in [0, 0.1) is 12.8 Å². The molecule has 0 saturated carbocycles. The SMILES string of the molecule is Cc1ccc(C(C)C)cc1OC(=O)C1C=CC=C1. The number of hydrogen-bond donors (Lipinski definition) is 0. The van der Waals surface area contributed by atoms with Gasteiger partial charge < -0.3 is 4.74 Å². The normalized spacial score (nSPS) is 14.4. The van der Waals surface area contributed by atoms with Crippen LogP contribution < -0.4 is 4.74 Å². The van der Waals surface area contributed by atoms with Crippen LogP contribution in [-0.2, 0) is 4.79 Å². The van der Waals surface area contributed by atoms with Crippen LogP contribution in [0.1, 0.15) is 30.9 Å². The molecule has 0 amide bonds. The number of esters is 1. The Kier molecular flexibility index (Phi) is 3.66. The number of benzene rings is 1. The van der Waals surface area contributed by atoms with Gasteiger partial charge in [0.25, 0.3) is 0 Å². The maximum atomic E-state index is 11.9. The van der Waals surface area contributed by atoms with Crippen molar-refractivity contribution in [1.29, 1.82) is 0 Å². The van der Waals surface area contributed by atoms with E-state index in [9.17, 15) is 4.79 Å². The van der Waals surface area contributed by atoms with Crippen LogP contribution in [0.25, 0.3) is 0 Å². The third kappa shape index (κ3) is 2.70. The van der Waals surface area contributed by atoms with Gasteiger partial charge in [0.05, 0.1) is 5.92 Å². The zero-order valence-electron chi connectivity index (χ0n) is 11.0. The van der Waals surface area contributed by atoms with Gasteiger partial charge >= 0.3 is 5.97 Å². The molecule has 2 heteroatoms. The monoisotopic (exact) mass is 242 g/mol. The van der Waals surface area contributed by atoms with Gasteiger partial charge in [0.2, 0.25) is 0 Å². The molecule has 1 aromatic carbocycles. The molecule has 0 aromatic heterocycles. The van der Waals surface area contributed by atoms with Gasteiger partial charge in [0.15, 0.2) is 0 Å². The largest absolute Gasteiger partial charge is 0.426 e. The van der Waals surface area contributed by atoms with E-state index in [1.54, 1.807) is 0 Å². The summed E-state index contributed by atoms with van der Waals surface area (Å²) in [5.74, 6) is 0.630. The smallest absolute Gasteiger partial charge is 0.322 e. The topological polar surface area (TPSA) is 26.3 Å². The Morgan fingerprint density at radius 1 is 1.22 bits per heavy atom. The van der Waals surface area contributed by atoms with E-state index in [-0.39, 0.29) is 11.9 Å². The fourth-order valence-corrected chi connectivity index (χ4v) is 1.85. The highest BCUT2D eigenvalue weighted by atomic mass is 16.5. The second kappa shape index (κ2) is 5.21. The number of carbonyl (C=O) groups excluding carboxylic acids is 1. The number of ether oxygens (including phenoxy) is 1. The van der Waals surface area contributed by atoms with Crippen LogP contribution in [0.2, 0.25) is 0 Å². The minimum Gasteiger partial charge on any atom is -0.426 e. The van der Waals surface area contributed by atoms with Crippen molar-refractivity contribution in [3.63, 3.8) is 0 Å². The molecule has 0 aliphatic heterocycles. The Bertz CT molecular complexity index is 498. The maximum absolute atomic E-state index is 11.9. The van der Waals surface area contributed by atoms with Crippen LogP contribution >= 0.6 is 0 Å². The average Bonchev–Trinajstić information content (AvgIpc) is 2.85. The van der Waals surface area contributed by atoms with Crippen LogP contribution in [0.3, 0.4) is 0 Å². The first-order valence-electron chi connectivity index (χ1n) is 6.25. The highest BCUT2D eigenvalue weighted by Gasteiger charge is 2.17. The highest BCUT2D eigenvalue weighted by Crippen LogP contribution is 2.25. The van der Waals surface area contributed by atoms with E-state index >= 15 is 0 Å². The Hall–Kier alpha value is -1.83. The quantitative estimate of drug-likeness (QED) is 0.596. The van der Waals surface area contributed by atoms with E-state index in [1.807, 2.05) is 43.4 Å². The first kappa shape index (κ1) is 12.6. The number of aryl methyl sites for hydroxylation is 1. The summed E-state index contributed by atoms with van der Waals surface area (Å²) in [5.41, 5.74) is 2.17. The predicted molar refractivity (Wildman–Crippen MR) is 72.7 cm³/mol. The van der Waals surface area contributed by atoms with Crippen molar-refractivity contribution in [3.05, 3.63) is 53.6 Å². The molecule has 0 bridgehead atoms. The number of rotatable bonds is 3. The van der Waals surface area contributed by atoms with E-state index in [0.717, 1.165) is 5.56 Å². The van der Waals surface area contributed by atoms with Crippen LogP contribution in [-0.4, -0.2) is 5.97 Å². The molecule has 1 aliphatic carbocycles. The molecule has 18 heavy (non-hydrogen) atoms. The standard InChI is InChI=1S/C16H18O2/c1-11(2)14-9-8-12(3)15(10-14)18-16(17)13-6-4-5-7-13/h4-11,13H,1-3H3. The Balaban J connectivity index is 2.17. The fourth-order valence-electron chi connectivity index (χ4n) is 1.85. The van der Waals surface area contributed by atoms with E-state index in [0.29, 0.717) is 11.7 Å². The van der Waals surface area contributed by atoms with Gasteiger partial charge in [0, 0.05) is 0 Å². The second-order valence-electron chi connectivity index (χ2n) is 4.90. The van der Waals surface area contributed by atoms with E-state index in [2.05, 4.69) is 19.9 Å². The summed E-state index contributed by atoms with van der Waals surface area (Å²) in [7, 11) is 0. The molecule has 0 unspecified atom stereocenters. The maximum Gasteiger partial charge on any atom is 0.322 e. The molecule has 1 aromatic rings. The van der Waals surface area contributed by atoms with E-state index < -0.39 is 0 Å². The van der Waals surface area contributed by atoms with Gasteiger partial charge in [-0.3, -0.25) is 4.79 Å². The minimum atomic E-state index is -0.243. The molecule has 0 spiro atoms. The zero-order chi connectivity index (χ0) is 13.1. The van der Waals surface area contributed by atoms with Gasteiger partial charge in [-0.1, -0.05) is 50.3 Å². The summed E-state index contributed by atoms with van der Waals surface area (Å²) in [5, 5.41) is 0. The Morgan fingerprint density at radius 2 is 1.89 bits per heavy atom. The van der Waals surface area contributed by atoms with Crippen molar-refractivity contribution in [2.24, 2.45) is 5.92 Å². The lowest BCUT2D eigenvalue weighted by molar-refractivity contribution is -0.135. The molecule has 2 rings (SSSR count). The second-order valence-corrected chi connectivity index (χ2v) is 4.90. The lowest BCUT2D eigenvalue weighted by atomic mass is 10.0. The highest BCUT2D eigenvalue weighted by molar-refractivity contribution is 5.80. The molecule has 2 nitrogen and oxygen atoms in total. The first-order valence-corrected chi connectivity index (χ1v) is 6.25. The van der Waals surface area contributed by atoms with Gasteiger partial charge in [0.1, 0.15) is 5.75 Å². The summed E-state index contributed by atoms with van der Waals surface area (Å²) < 4.78 is 5.48. The molecular formula is C16H18O2. The van der Waals surface area contributed by atoms with Crippen LogP contribution in [0.5, 0.6) is 5.75 Å². The lowest BCUT2D eigenvalue weighted by Crippen LogP contribution is -2.16. The van der Waals surface area contributed by atoms with Crippen LogP contribution in [0.15, 0.2) is 42.5 Å². The van der Waals surface area contributed by atoms with Crippen molar-refractivity contribution in [3.8, 4) is 5.75 Å². The summed E-state index contributed by atoms with van der Waals surface area (Å²) in [6, 6.07) is 6.03. The molecule has 94 valence electrons. The van der Waals surface area contributed by atoms with Crippen molar-refractivity contribution < 1.29 is 9.53 Å². The van der Waals surface area contributed by atoms with E-state index in [1.165, 1.54) is 5.56 Å². The van der Waals surface area contributed by atoms with Crippen molar-refractivity contribution in [1.82, 2.24) is 0 Å². The fraction of sp³-hybridized carbons (Fsp3) is 0.312. The molecular weight excluding hydrogens is 224 g/mol. The Labute approximate surface area is 108 Å². The van der Waals surface area contributed by atoms with Gasteiger partial charge in [-0.2, -0.15) is 0 Å². The van der Waals surface area contributed by atoms with Crippen molar-refractivity contribution in [2.45, 2.75) is 26.7 Å². The molecule has 0 radical (unpaired) electrons. The lowest BCUT2D eigenvalue weighted by Gasteiger charge is -2.12. The Morgan fingerprint density at radius 3 is 2.50 bits per heavy atom. The minimum absolute atomic E-state index is 0.219. The molecule has 0 saturated heterocycles. The number of hydrogen-bond acceptors (Lipinski definition) is 2. The molecule has 0 atom stereocenters. The zero-order valence-corrected chi connectivity index (χ0v) is 11.0. The predicted octanol–water partition coefficient (Wildman–Crippen LogP) is 3.77. The summed E-state index contributed by atoms with van der Waals surface area (Å²) in [4.78, 5) is 11.9. The molecule has 0 N–H and O–H groups in total. The number of carbonyl (C=O) groups is 1. The van der Waals surface area contributed by atoms with Gasteiger partial charge in [-0.25, -0.2) is 0 Å². The van der Waals surface area contributed by atoms with Crippen LogP contribution in [0.4, 0.5) is 0 Å². The van der Waals surface area contributed by atoms with Gasteiger partial charge in [-0.05, 0) is 30.0 Å². The van der Waals surface area contributed by atoms with Crippen molar-refractivity contribution in [2.75, 3.05) is 0 Å². The van der Waals surface area contributed by atoms with Crippen molar-refractivity contribution >= 4 is 5.97 Å². The number of allylic oxidation sites excluding steroid dienone is 2. The summed E-state index contributed by atoms with van der Waals surface area (Å²) in [6.07, 6.45) is 7.40. The van der Waals surface area contributed by atoms with E-state index in [4.69, 9.17) is 4.74 Å². The molecule has 1 aliphatic rings. The average molecular weight is 242 g/mol. The third-order valence-electron chi connectivity index (χ3n) is 3.11. The summed E-state index contributed by atoms with van der Waals surface area (Å²) >= 11 is 0. The third-order valence-corrected chi connectivity index (χ3v) is 3.11. The van der Waals surface area contributed by atoms with Gasteiger partial charge in [-0.15, -0.1) is 0 Å². The molecule has 0 heterocycles.